The highest BCUT2D eigenvalue weighted by molar-refractivity contribution is 7.47. The Hall–Kier alpha value is -1.77. The number of phosphoric acid groups is 1. The number of carbonyl (C=O) groups excluding carboxylic acids is 2. The van der Waals surface area contributed by atoms with Crippen LogP contribution in [0.4, 0.5) is 0 Å². The molecular weight excluding hydrogens is 1010 g/mol. The second-order valence-electron chi connectivity index (χ2n) is 25.1. The smallest absolute Gasteiger partial charge is 0.456 e. The summed E-state index contributed by atoms with van der Waals surface area (Å²) in [6.45, 7) is 7.05. The summed E-state index contributed by atoms with van der Waals surface area (Å²) in [7, 11) is 1.51. The number of nitrogens with one attached hydrogen (secondary N) is 1. The molecule has 10 heteroatoms. The fourth-order valence-electron chi connectivity index (χ4n) is 10.4. The first-order valence-electron chi connectivity index (χ1n) is 34.8. The summed E-state index contributed by atoms with van der Waals surface area (Å²) in [5, 5.41) is 3.07. The maximum absolute atomic E-state index is 13.6. The molecule has 2 N–H and O–H groups in total. The van der Waals surface area contributed by atoms with Crippen LogP contribution in [0.5, 0.6) is 0 Å². The molecule has 0 radical (unpaired) electrons. The average Bonchev–Trinajstić information content (AvgIpc) is 3.42. The van der Waals surface area contributed by atoms with Crippen LogP contribution in [0.1, 0.15) is 348 Å². The molecule has 3 unspecified atom stereocenters. The number of ether oxygens (including phenoxy) is 1. The van der Waals surface area contributed by atoms with E-state index in [2.05, 4.69) is 50.4 Å². The fourth-order valence-corrected chi connectivity index (χ4v) is 11.2. The Balaban J connectivity index is 5.07. The van der Waals surface area contributed by atoms with Gasteiger partial charge >= 0.3 is 13.8 Å². The van der Waals surface area contributed by atoms with Gasteiger partial charge in [0.05, 0.1) is 33.8 Å². The molecule has 0 saturated heterocycles. The molecule has 0 heterocycles. The normalized spacial score (nSPS) is 13.7. The van der Waals surface area contributed by atoms with Gasteiger partial charge in [0.25, 0.3) is 0 Å². The molecule has 0 rings (SSSR count). The number of amides is 1. The Morgan fingerprint density at radius 3 is 1.15 bits per heavy atom. The van der Waals surface area contributed by atoms with E-state index in [9.17, 15) is 19.0 Å². The number of quaternary nitrogens is 1. The van der Waals surface area contributed by atoms with Crippen molar-refractivity contribution in [2.75, 3.05) is 40.9 Å². The topological polar surface area (TPSA) is 111 Å². The summed E-state index contributed by atoms with van der Waals surface area (Å²) >= 11 is 0. The van der Waals surface area contributed by atoms with Gasteiger partial charge in [-0.3, -0.25) is 18.6 Å². The van der Waals surface area contributed by atoms with Gasteiger partial charge in [-0.25, -0.2) is 4.57 Å². The lowest BCUT2D eigenvalue weighted by atomic mass is 10.0. The van der Waals surface area contributed by atoms with E-state index in [1.165, 1.54) is 250 Å². The quantitative estimate of drug-likeness (QED) is 0.0205. The third-order valence-electron chi connectivity index (χ3n) is 15.8. The van der Waals surface area contributed by atoms with Crippen LogP contribution in [0.15, 0.2) is 36.5 Å². The standard InChI is InChI=1S/C70H135N2O7P/c1-7-10-13-16-19-22-25-28-30-32-34-35-36-37-39-40-42-44-47-50-53-56-59-62-69(73)71-67(66-78-80(75,76)77-65-64-72(4,5)6)68(61-58-55-52-49-46-27-24-21-18-15-12-9-3)79-70(74)63-60-57-54-51-48-45-43-41-38-33-31-29-26-23-20-17-14-11-8-2/h19,22,28,30,58,61,67-68H,7-18,20-21,23-27,29,31-57,59-60,62-66H2,1-6H3,(H-,71,73,75,76)/p+1/b22-19-,30-28-,61-58+. The largest absolute Gasteiger partial charge is 0.472 e. The van der Waals surface area contributed by atoms with E-state index in [4.69, 9.17) is 13.8 Å². The molecule has 3 atom stereocenters. The fraction of sp³-hybridized carbons (Fsp3) is 0.886. The molecule has 0 saturated carbocycles. The van der Waals surface area contributed by atoms with Crippen LogP contribution in [0.25, 0.3) is 0 Å². The van der Waals surface area contributed by atoms with E-state index >= 15 is 0 Å². The van der Waals surface area contributed by atoms with Crippen LogP contribution in [0.2, 0.25) is 0 Å². The zero-order valence-corrected chi connectivity index (χ0v) is 55.0. The minimum Gasteiger partial charge on any atom is -0.456 e. The van der Waals surface area contributed by atoms with Gasteiger partial charge in [0.2, 0.25) is 5.91 Å². The Morgan fingerprint density at radius 2 is 0.762 bits per heavy atom. The molecule has 80 heavy (non-hydrogen) atoms. The van der Waals surface area contributed by atoms with Crippen LogP contribution in [-0.4, -0.2) is 74.3 Å². The third-order valence-corrected chi connectivity index (χ3v) is 16.8. The van der Waals surface area contributed by atoms with Crippen molar-refractivity contribution >= 4 is 19.7 Å². The molecular formula is C70H136N2O7P+. The minimum atomic E-state index is -4.45. The maximum Gasteiger partial charge on any atom is 0.472 e. The van der Waals surface area contributed by atoms with Crippen LogP contribution in [0.3, 0.4) is 0 Å². The second-order valence-corrected chi connectivity index (χ2v) is 26.5. The number of nitrogens with zero attached hydrogens (tertiary/aromatic N) is 1. The number of allylic oxidation sites excluding steroid dienone is 5. The first-order chi connectivity index (χ1) is 38.9. The second kappa shape index (κ2) is 60.4. The van der Waals surface area contributed by atoms with Gasteiger partial charge in [-0.2, -0.15) is 0 Å². The third kappa shape index (κ3) is 60.8. The zero-order valence-electron chi connectivity index (χ0n) is 54.1. The molecule has 1 amide bonds. The van der Waals surface area contributed by atoms with Crippen molar-refractivity contribution < 1.29 is 37.3 Å². The Bertz CT molecular complexity index is 1460. The van der Waals surface area contributed by atoms with E-state index in [-0.39, 0.29) is 25.1 Å². The van der Waals surface area contributed by atoms with Crippen molar-refractivity contribution in [2.24, 2.45) is 0 Å². The lowest BCUT2D eigenvalue weighted by molar-refractivity contribution is -0.870. The molecule has 0 aliphatic carbocycles. The molecule has 0 aliphatic rings. The molecule has 9 nitrogen and oxygen atoms in total. The molecule has 0 aliphatic heterocycles. The molecule has 0 spiro atoms. The summed E-state index contributed by atoms with van der Waals surface area (Å²) in [5.74, 6) is -0.486. The van der Waals surface area contributed by atoms with Gasteiger partial charge < -0.3 is 19.4 Å². The predicted octanol–water partition coefficient (Wildman–Crippen LogP) is 21.8. The van der Waals surface area contributed by atoms with Gasteiger partial charge in [-0.15, -0.1) is 0 Å². The van der Waals surface area contributed by atoms with Gasteiger partial charge in [-0.1, -0.05) is 308 Å². The maximum atomic E-state index is 13.6. The molecule has 472 valence electrons. The summed E-state index contributed by atoms with van der Waals surface area (Å²) < 4.78 is 30.8. The number of hydrogen-bond acceptors (Lipinski definition) is 6. The van der Waals surface area contributed by atoms with E-state index in [1.807, 2.05) is 33.3 Å². The number of esters is 1. The summed E-state index contributed by atoms with van der Waals surface area (Å²) in [6, 6.07) is -0.845. The van der Waals surface area contributed by atoms with Crippen molar-refractivity contribution in [3.05, 3.63) is 36.5 Å². The highest BCUT2D eigenvalue weighted by Crippen LogP contribution is 2.43. The molecule has 0 aromatic carbocycles. The Labute approximate surface area is 497 Å². The van der Waals surface area contributed by atoms with Crippen LogP contribution in [0, 0.1) is 0 Å². The van der Waals surface area contributed by atoms with Crippen LogP contribution < -0.4 is 5.32 Å². The van der Waals surface area contributed by atoms with E-state index in [0.717, 1.165) is 64.2 Å². The highest BCUT2D eigenvalue weighted by atomic mass is 31.2. The zero-order chi connectivity index (χ0) is 58.6. The lowest BCUT2D eigenvalue weighted by Gasteiger charge is -2.27. The molecule has 0 aromatic heterocycles. The molecule has 0 bridgehead atoms. The minimum absolute atomic E-state index is 0.0431. The lowest BCUT2D eigenvalue weighted by Crippen LogP contribution is -2.47. The van der Waals surface area contributed by atoms with Crippen LogP contribution >= 0.6 is 7.82 Å². The first kappa shape index (κ1) is 78.2. The number of carbonyl (C=O) groups is 2. The van der Waals surface area contributed by atoms with Crippen molar-refractivity contribution in [2.45, 2.75) is 360 Å². The van der Waals surface area contributed by atoms with Crippen LogP contribution in [-0.2, 0) is 27.9 Å². The number of rotatable bonds is 64. The van der Waals surface area contributed by atoms with Gasteiger partial charge in [0, 0.05) is 12.8 Å². The number of unbranched alkanes of at least 4 members (excludes halogenated alkanes) is 44. The van der Waals surface area contributed by atoms with Crippen molar-refractivity contribution in [1.29, 1.82) is 0 Å². The Morgan fingerprint density at radius 1 is 0.438 bits per heavy atom. The van der Waals surface area contributed by atoms with Crippen molar-refractivity contribution in [3.8, 4) is 0 Å². The predicted molar refractivity (Wildman–Crippen MR) is 346 cm³/mol. The Kier molecular flexibility index (Phi) is 59.0. The SMILES string of the molecule is CCCCC/C=C\C/C=C\CCCCCCCCCCCCCCCC(=O)NC(COP(=O)(O)OCC[N+](C)(C)C)C(/C=C/CCCCCCCCCCCC)OC(=O)CCCCCCCCCCCCCCCCCCCCC. The van der Waals surface area contributed by atoms with Crippen molar-refractivity contribution in [3.63, 3.8) is 0 Å². The number of phosphoric ester groups is 1. The van der Waals surface area contributed by atoms with E-state index < -0.39 is 20.0 Å². The van der Waals surface area contributed by atoms with E-state index in [0.29, 0.717) is 23.9 Å². The summed E-state index contributed by atoms with van der Waals surface area (Å²) in [5.41, 5.74) is 0. The van der Waals surface area contributed by atoms with Gasteiger partial charge in [0.15, 0.2) is 0 Å². The van der Waals surface area contributed by atoms with E-state index in [1.54, 1.807) is 0 Å². The summed E-state index contributed by atoms with van der Waals surface area (Å²) in [4.78, 5) is 37.9. The number of hydrogen-bond donors (Lipinski definition) is 2. The summed E-state index contributed by atoms with van der Waals surface area (Å²) in [6.07, 6.45) is 74.3. The average molecular weight is 1150 g/mol. The van der Waals surface area contributed by atoms with Gasteiger partial charge in [-0.05, 0) is 63.9 Å². The highest BCUT2D eigenvalue weighted by Gasteiger charge is 2.30. The first-order valence-corrected chi connectivity index (χ1v) is 36.3. The van der Waals surface area contributed by atoms with Gasteiger partial charge in [0.1, 0.15) is 19.3 Å². The monoisotopic (exact) mass is 1150 g/mol. The van der Waals surface area contributed by atoms with Crippen molar-refractivity contribution in [1.82, 2.24) is 5.32 Å². The molecule has 0 aromatic rings. The molecule has 0 fully saturated rings. The number of likely N-dealkylation sites (N-methyl/N-ethyl adjacent to an activating group) is 1.